The first-order valence-corrected chi connectivity index (χ1v) is 9.14. The average Bonchev–Trinajstić information content (AvgIpc) is 3.35. The van der Waals surface area contributed by atoms with Crippen molar-refractivity contribution in [3.05, 3.63) is 59.7 Å². The zero-order valence-electron chi connectivity index (χ0n) is 15.9. The molecule has 2 heterocycles. The van der Waals surface area contributed by atoms with Crippen molar-refractivity contribution in [1.29, 1.82) is 0 Å². The number of carbonyl (C=O) groups excluding carboxylic acids is 2. The Kier molecular flexibility index (Phi) is 5.88. The van der Waals surface area contributed by atoms with Gasteiger partial charge in [-0.05, 0) is 31.0 Å². The van der Waals surface area contributed by atoms with E-state index in [1.165, 1.54) is 4.68 Å². The minimum atomic E-state index is -0.542. The summed E-state index contributed by atoms with van der Waals surface area (Å²) >= 11 is 0. The molecule has 0 radical (unpaired) electrons. The van der Waals surface area contributed by atoms with E-state index in [2.05, 4.69) is 22.5 Å². The monoisotopic (exact) mass is 381 g/mol. The summed E-state index contributed by atoms with van der Waals surface area (Å²) < 4.78 is 6.73. The van der Waals surface area contributed by atoms with E-state index in [0.717, 1.165) is 29.7 Å². The lowest BCUT2D eigenvalue weighted by atomic mass is 10.1. The van der Waals surface area contributed by atoms with Crippen LogP contribution in [0.1, 0.15) is 48.1 Å². The highest BCUT2D eigenvalue weighted by atomic mass is 16.5. The minimum absolute atomic E-state index is 0.215. The molecule has 2 aromatic heterocycles. The molecule has 0 fully saturated rings. The second-order valence-corrected chi connectivity index (χ2v) is 6.59. The van der Waals surface area contributed by atoms with Gasteiger partial charge in [0.05, 0.1) is 18.4 Å². The molecule has 2 amide bonds. The van der Waals surface area contributed by atoms with Crippen LogP contribution in [0.5, 0.6) is 0 Å². The molecule has 146 valence electrons. The highest BCUT2D eigenvalue weighted by Crippen LogP contribution is 2.21. The number of primary amides is 1. The van der Waals surface area contributed by atoms with Gasteiger partial charge in [0.25, 0.3) is 5.91 Å². The Hall–Kier alpha value is -3.42. The number of amides is 2. The number of aryl methyl sites for hydroxylation is 1. The maximum atomic E-state index is 12.5. The lowest BCUT2D eigenvalue weighted by molar-refractivity contribution is -0.120. The quantitative estimate of drug-likeness (QED) is 0.622. The molecule has 0 saturated carbocycles. The second-order valence-electron chi connectivity index (χ2n) is 6.59. The average molecular weight is 381 g/mol. The molecule has 0 spiro atoms. The Morgan fingerprint density at radius 1 is 1.29 bits per heavy atom. The van der Waals surface area contributed by atoms with E-state index in [0.29, 0.717) is 11.3 Å². The van der Waals surface area contributed by atoms with E-state index >= 15 is 0 Å². The zero-order valence-corrected chi connectivity index (χ0v) is 15.9. The van der Waals surface area contributed by atoms with Gasteiger partial charge >= 0.3 is 0 Å². The summed E-state index contributed by atoms with van der Waals surface area (Å²) in [5.41, 5.74) is 8.33. The van der Waals surface area contributed by atoms with Crippen molar-refractivity contribution in [2.45, 2.75) is 39.3 Å². The van der Waals surface area contributed by atoms with Crippen molar-refractivity contribution in [1.82, 2.24) is 20.3 Å². The number of hydrogen-bond donors (Lipinski definition) is 2. The van der Waals surface area contributed by atoms with Crippen LogP contribution in [0.15, 0.2) is 47.2 Å². The highest BCUT2D eigenvalue weighted by molar-refractivity contribution is 5.95. The molecule has 0 bridgehead atoms. The normalized spacial score (nSPS) is 11.9. The first-order chi connectivity index (χ1) is 13.5. The number of nitrogens with two attached hydrogens (primary N) is 1. The third-order valence-electron chi connectivity index (χ3n) is 4.41. The van der Waals surface area contributed by atoms with Crippen molar-refractivity contribution in [2.75, 3.05) is 0 Å². The second kappa shape index (κ2) is 8.51. The molecule has 1 atom stereocenters. The van der Waals surface area contributed by atoms with Gasteiger partial charge in [-0.3, -0.25) is 14.3 Å². The Morgan fingerprint density at radius 2 is 2.11 bits per heavy atom. The summed E-state index contributed by atoms with van der Waals surface area (Å²) in [5.74, 6) is -0.0554. The summed E-state index contributed by atoms with van der Waals surface area (Å²) in [6.07, 6.45) is 5.21. The maximum absolute atomic E-state index is 12.5. The molecular weight excluding hydrogens is 358 g/mol. The smallest absolute Gasteiger partial charge is 0.251 e. The first kappa shape index (κ1) is 19.3. The summed E-state index contributed by atoms with van der Waals surface area (Å²) in [5, 5.41) is 11.0. The van der Waals surface area contributed by atoms with Gasteiger partial charge in [-0.25, -0.2) is 0 Å². The molecule has 3 N–H and O–H groups in total. The van der Waals surface area contributed by atoms with Crippen molar-refractivity contribution in [2.24, 2.45) is 5.73 Å². The fraction of sp³-hybridized carbons (Fsp3) is 0.300. The number of rotatable bonds is 8. The molecule has 1 aromatic carbocycles. The standard InChI is InChI=1S/C20H23N5O3/c1-3-5-17-9-18(28-24-17)11-22-20(27)15-7-4-6-14(8-15)16-10-23-25(12-16)13(2)19(21)26/h4,6-10,12-13H,3,5,11H2,1-2H3,(H2,21,26)(H,22,27)/t13-/m0/s1. The minimum Gasteiger partial charge on any atom is -0.368 e. The fourth-order valence-electron chi connectivity index (χ4n) is 2.75. The summed E-state index contributed by atoms with van der Waals surface area (Å²) in [6.45, 7) is 4.02. The predicted octanol–water partition coefficient (Wildman–Crippen LogP) is 2.47. The van der Waals surface area contributed by atoms with Crippen molar-refractivity contribution in [3.63, 3.8) is 0 Å². The number of aromatic nitrogens is 3. The molecule has 3 aromatic rings. The molecule has 0 aliphatic carbocycles. The van der Waals surface area contributed by atoms with Crippen LogP contribution in [0.4, 0.5) is 0 Å². The number of hydrogen-bond acceptors (Lipinski definition) is 5. The van der Waals surface area contributed by atoms with Gasteiger partial charge < -0.3 is 15.6 Å². The van der Waals surface area contributed by atoms with Crippen LogP contribution in [0, 0.1) is 0 Å². The summed E-state index contributed by atoms with van der Waals surface area (Å²) in [4.78, 5) is 23.8. The zero-order chi connectivity index (χ0) is 20.1. The van der Waals surface area contributed by atoms with Crippen molar-refractivity contribution in [3.8, 4) is 11.1 Å². The van der Waals surface area contributed by atoms with E-state index in [1.807, 2.05) is 12.1 Å². The number of nitrogens with zero attached hydrogens (tertiary/aromatic N) is 3. The SMILES string of the molecule is CCCc1cc(CNC(=O)c2cccc(-c3cnn([C@@H](C)C(N)=O)c3)c2)on1. The van der Waals surface area contributed by atoms with Crippen LogP contribution in [-0.4, -0.2) is 26.8 Å². The molecular formula is C20H23N5O3. The third-order valence-corrected chi connectivity index (χ3v) is 4.41. The predicted molar refractivity (Wildman–Crippen MR) is 103 cm³/mol. The van der Waals surface area contributed by atoms with Crippen LogP contribution >= 0.6 is 0 Å². The summed E-state index contributed by atoms with van der Waals surface area (Å²) in [7, 11) is 0. The van der Waals surface area contributed by atoms with E-state index in [-0.39, 0.29) is 12.5 Å². The first-order valence-electron chi connectivity index (χ1n) is 9.14. The van der Waals surface area contributed by atoms with Crippen molar-refractivity contribution < 1.29 is 14.1 Å². The molecule has 28 heavy (non-hydrogen) atoms. The van der Waals surface area contributed by atoms with Gasteiger partial charge in [0.2, 0.25) is 5.91 Å². The molecule has 8 heteroatoms. The van der Waals surface area contributed by atoms with Gasteiger partial charge in [-0.1, -0.05) is 30.6 Å². The Labute approximate surface area is 162 Å². The number of nitrogens with one attached hydrogen (secondary N) is 1. The molecule has 0 unspecified atom stereocenters. The van der Waals surface area contributed by atoms with Crippen LogP contribution in [0.25, 0.3) is 11.1 Å². The molecule has 3 rings (SSSR count). The van der Waals surface area contributed by atoms with Crippen LogP contribution in [-0.2, 0) is 17.8 Å². The fourth-order valence-corrected chi connectivity index (χ4v) is 2.75. The van der Waals surface area contributed by atoms with Crippen molar-refractivity contribution >= 4 is 11.8 Å². The van der Waals surface area contributed by atoms with Gasteiger partial charge in [0, 0.05) is 23.4 Å². The lowest BCUT2D eigenvalue weighted by Crippen LogP contribution is -2.24. The number of carbonyl (C=O) groups is 2. The lowest BCUT2D eigenvalue weighted by Gasteiger charge is -2.07. The van der Waals surface area contributed by atoms with Gasteiger partial charge in [0.1, 0.15) is 6.04 Å². The van der Waals surface area contributed by atoms with Crippen LogP contribution < -0.4 is 11.1 Å². The van der Waals surface area contributed by atoms with Crippen LogP contribution in [0.2, 0.25) is 0 Å². The Balaban J connectivity index is 1.68. The van der Waals surface area contributed by atoms with E-state index < -0.39 is 11.9 Å². The third kappa shape index (κ3) is 4.46. The van der Waals surface area contributed by atoms with Crippen LogP contribution in [0.3, 0.4) is 0 Å². The van der Waals surface area contributed by atoms with Gasteiger partial charge in [-0.2, -0.15) is 5.10 Å². The number of benzene rings is 1. The maximum Gasteiger partial charge on any atom is 0.251 e. The van der Waals surface area contributed by atoms with E-state index in [1.54, 1.807) is 37.5 Å². The Bertz CT molecular complexity index is 976. The highest BCUT2D eigenvalue weighted by Gasteiger charge is 2.14. The van der Waals surface area contributed by atoms with E-state index in [4.69, 9.17) is 10.3 Å². The Morgan fingerprint density at radius 3 is 2.86 bits per heavy atom. The molecule has 0 aliphatic rings. The molecule has 8 nitrogen and oxygen atoms in total. The topological polar surface area (TPSA) is 116 Å². The largest absolute Gasteiger partial charge is 0.368 e. The van der Waals surface area contributed by atoms with Gasteiger partial charge in [0.15, 0.2) is 5.76 Å². The molecule has 0 saturated heterocycles. The van der Waals surface area contributed by atoms with Gasteiger partial charge in [-0.15, -0.1) is 0 Å². The summed E-state index contributed by atoms with van der Waals surface area (Å²) in [6, 6.07) is 8.49. The van der Waals surface area contributed by atoms with E-state index in [9.17, 15) is 9.59 Å². The molecule has 0 aliphatic heterocycles.